The van der Waals surface area contributed by atoms with Gasteiger partial charge in [-0.25, -0.2) is 0 Å². The highest BCUT2D eigenvalue weighted by Crippen LogP contribution is 2.33. The second-order valence-electron chi connectivity index (χ2n) is 4.89. The van der Waals surface area contributed by atoms with Crippen molar-refractivity contribution >= 4 is 42.6 Å². The van der Waals surface area contributed by atoms with Crippen molar-refractivity contribution in [1.82, 2.24) is 0 Å². The van der Waals surface area contributed by atoms with Crippen LogP contribution in [0.4, 0.5) is 0 Å². The Labute approximate surface area is 146 Å². The minimum absolute atomic E-state index is 0.517. The molecule has 0 N–H and O–H groups in total. The first-order valence-corrected chi connectivity index (χ1v) is 8.39. The van der Waals surface area contributed by atoms with Crippen molar-refractivity contribution in [3.05, 3.63) is 69.1 Å². The summed E-state index contributed by atoms with van der Waals surface area (Å²) in [6.45, 7) is 0.517. The van der Waals surface area contributed by atoms with E-state index in [1.54, 1.807) is 7.11 Å². The van der Waals surface area contributed by atoms with E-state index >= 15 is 0 Å². The molecule has 0 saturated heterocycles. The van der Waals surface area contributed by atoms with Gasteiger partial charge in [0.1, 0.15) is 18.1 Å². The molecule has 0 atom stereocenters. The number of benzene rings is 3. The fourth-order valence-electron chi connectivity index (χ4n) is 2.27. The third-order valence-corrected chi connectivity index (χ3v) is 4.66. The van der Waals surface area contributed by atoms with Gasteiger partial charge in [0, 0.05) is 0 Å². The molecule has 2 nitrogen and oxygen atoms in total. The van der Waals surface area contributed by atoms with E-state index in [0.29, 0.717) is 6.61 Å². The lowest BCUT2D eigenvalue weighted by molar-refractivity contribution is 0.302. The zero-order chi connectivity index (χ0) is 15.5. The maximum atomic E-state index is 5.93. The Morgan fingerprint density at radius 1 is 0.864 bits per heavy atom. The van der Waals surface area contributed by atoms with Crippen molar-refractivity contribution in [2.45, 2.75) is 6.61 Å². The molecule has 0 bridgehead atoms. The Morgan fingerprint density at radius 2 is 1.55 bits per heavy atom. The molecule has 0 aliphatic carbocycles. The van der Waals surface area contributed by atoms with Gasteiger partial charge in [0.2, 0.25) is 0 Å². The smallest absolute Gasteiger partial charge is 0.148 e. The van der Waals surface area contributed by atoms with E-state index in [-0.39, 0.29) is 0 Å². The molecule has 22 heavy (non-hydrogen) atoms. The number of ether oxygens (including phenoxy) is 2. The maximum absolute atomic E-state index is 5.93. The summed E-state index contributed by atoms with van der Waals surface area (Å²) in [5, 5.41) is 2.33. The molecule has 0 fully saturated rings. The molecule has 0 amide bonds. The summed E-state index contributed by atoms with van der Waals surface area (Å²) < 4.78 is 13.1. The van der Waals surface area contributed by atoms with Crippen LogP contribution in [0.5, 0.6) is 11.5 Å². The van der Waals surface area contributed by atoms with Gasteiger partial charge in [-0.2, -0.15) is 0 Å². The fourth-order valence-corrected chi connectivity index (χ4v) is 3.49. The summed E-state index contributed by atoms with van der Waals surface area (Å²) in [5.41, 5.74) is 1.13. The van der Waals surface area contributed by atoms with Crippen molar-refractivity contribution in [3.63, 3.8) is 0 Å². The van der Waals surface area contributed by atoms with Crippen molar-refractivity contribution < 1.29 is 9.47 Å². The summed E-state index contributed by atoms with van der Waals surface area (Å²) in [6, 6.07) is 18.3. The second-order valence-corrected chi connectivity index (χ2v) is 6.60. The van der Waals surface area contributed by atoms with Gasteiger partial charge in [-0.05, 0) is 78.5 Å². The Balaban J connectivity index is 1.82. The largest absolute Gasteiger partial charge is 0.497 e. The van der Waals surface area contributed by atoms with Gasteiger partial charge in [0.05, 0.1) is 16.1 Å². The van der Waals surface area contributed by atoms with Gasteiger partial charge < -0.3 is 9.47 Å². The maximum Gasteiger partial charge on any atom is 0.148 e. The Bertz CT molecular complexity index is 795. The molecule has 0 aromatic heterocycles. The van der Waals surface area contributed by atoms with Crippen LogP contribution in [0.1, 0.15) is 5.56 Å². The highest BCUT2D eigenvalue weighted by molar-refractivity contribution is 9.11. The van der Waals surface area contributed by atoms with E-state index in [1.807, 2.05) is 30.3 Å². The molecule has 0 saturated carbocycles. The zero-order valence-corrected chi connectivity index (χ0v) is 15.1. The molecule has 0 heterocycles. The quantitative estimate of drug-likeness (QED) is 0.517. The van der Waals surface area contributed by atoms with Crippen LogP contribution in [0, 0.1) is 0 Å². The van der Waals surface area contributed by atoms with Crippen LogP contribution in [-0.4, -0.2) is 7.11 Å². The monoisotopic (exact) mass is 420 g/mol. The zero-order valence-electron chi connectivity index (χ0n) is 12.0. The lowest BCUT2D eigenvalue weighted by Crippen LogP contribution is -1.97. The van der Waals surface area contributed by atoms with Crippen LogP contribution in [-0.2, 0) is 6.61 Å². The lowest BCUT2D eigenvalue weighted by Gasteiger charge is -2.11. The van der Waals surface area contributed by atoms with Crippen LogP contribution in [0.2, 0.25) is 0 Å². The lowest BCUT2D eigenvalue weighted by atomic mass is 10.1. The van der Waals surface area contributed by atoms with Gasteiger partial charge in [0.25, 0.3) is 0 Å². The molecule has 0 aliphatic rings. The molecule has 3 aromatic carbocycles. The summed E-state index contributed by atoms with van der Waals surface area (Å²) in [4.78, 5) is 0. The molecule has 3 rings (SSSR count). The van der Waals surface area contributed by atoms with Gasteiger partial charge in [-0.15, -0.1) is 0 Å². The van der Waals surface area contributed by atoms with Gasteiger partial charge in [0.15, 0.2) is 0 Å². The minimum atomic E-state index is 0.517. The highest BCUT2D eigenvalue weighted by atomic mass is 79.9. The normalized spacial score (nSPS) is 10.7. The van der Waals surface area contributed by atoms with Crippen LogP contribution >= 0.6 is 31.9 Å². The topological polar surface area (TPSA) is 18.5 Å². The Hall–Kier alpha value is -1.52. The molecule has 0 unspecified atom stereocenters. The standard InChI is InChI=1S/C18H14Br2O2/c1-21-15-8-7-13-9-12(5-6-14(13)10-15)11-22-18-16(19)3-2-4-17(18)20/h2-10H,11H2,1H3. The SMILES string of the molecule is COc1ccc2cc(COc3c(Br)cccc3Br)ccc2c1. The average Bonchev–Trinajstić information content (AvgIpc) is 2.53. The number of hydrogen-bond donors (Lipinski definition) is 0. The number of methoxy groups -OCH3 is 1. The Morgan fingerprint density at radius 3 is 2.27 bits per heavy atom. The number of para-hydroxylation sites is 1. The first-order valence-electron chi connectivity index (χ1n) is 6.81. The predicted octanol–water partition coefficient (Wildman–Crippen LogP) is 5.95. The minimum Gasteiger partial charge on any atom is -0.497 e. The summed E-state index contributed by atoms with van der Waals surface area (Å²) >= 11 is 7.01. The van der Waals surface area contributed by atoms with Gasteiger partial charge >= 0.3 is 0 Å². The third-order valence-electron chi connectivity index (χ3n) is 3.41. The fraction of sp³-hybridized carbons (Fsp3) is 0.111. The molecule has 112 valence electrons. The molecule has 0 spiro atoms. The molecule has 0 aliphatic heterocycles. The van der Waals surface area contributed by atoms with Crippen LogP contribution in [0.25, 0.3) is 10.8 Å². The van der Waals surface area contributed by atoms with Crippen LogP contribution in [0.15, 0.2) is 63.5 Å². The summed E-state index contributed by atoms with van der Waals surface area (Å²) in [7, 11) is 1.68. The van der Waals surface area contributed by atoms with Crippen molar-refractivity contribution in [3.8, 4) is 11.5 Å². The number of rotatable bonds is 4. The van der Waals surface area contributed by atoms with Crippen LogP contribution in [0.3, 0.4) is 0 Å². The van der Waals surface area contributed by atoms with Crippen molar-refractivity contribution in [2.24, 2.45) is 0 Å². The average molecular weight is 422 g/mol. The summed E-state index contributed by atoms with van der Waals surface area (Å²) in [5.74, 6) is 1.69. The van der Waals surface area contributed by atoms with E-state index in [4.69, 9.17) is 9.47 Å². The number of hydrogen-bond acceptors (Lipinski definition) is 2. The molecular formula is C18H14Br2O2. The van der Waals surface area contributed by atoms with E-state index in [0.717, 1.165) is 31.4 Å². The van der Waals surface area contributed by atoms with Crippen molar-refractivity contribution in [2.75, 3.05) is 7.11 Å². The molecule has 0 radical (unpaired) electrons. The van der Waals surface area contributed by atoms with E-state index in [1.165, 1.54) is 5.39 Å². The second kappa shape index (κ2) is 6.71. The van der Waals surface area contributed by atoms with E-state index < -0.39 is 0 Å². The van der Waals surface area contributed by atoms with Crippen LogP contribution < -0.4 is 9.47 Å². The highest BCUT2D eigenvalue weighted by Gasteiger charge is 2.06. The number of halogens is 2. The molecular weight excluding hydrogens is 408 g/mol. The third kappa shape index (κ3) is 3.28. The first-order chi connectivity index (χ1) is 10.7. The molecule has 3 aromatic rings. The van der Waals surface area contributed by atoms with Crippen molar-refractivity contribution in [1.29, 1.82) is 0 Å². The number of fused-ring (bicyclic) bond motifs is 1. The van der Waals surface area contributed by atoms with Gasteiger partial charge in [-0.1, -0.05) is 24.3 Å². The molecule has 4 heteroatoms. The summed E-state index contributed by atoms with van der Waals surface area (Å²) in [6.07, 6.45) is 0. The predicted molar refractivity (Wildman–Crippen MR) is 96.7 cm³/mol. The first kappa shape index (κ1) is 15.4. The van der Waals surface area contributed by atoms with E-state index in [2.05, 4.69) is 56.1 Å². The van der Waals surface area contributed by atoms with E-state index in [9.17, 15) is 0 Å². The Kier molecular flexibility index (Phi) is 4.69. The van der Waals surface area contributed by atoms with Gasteiger partial charge in [-0.3, -0.25) is 0 Å².